The number of guanidine groups is 1. The van der Waals surface area contributed by atoms with Crippen LogP contribution >= 0.6 is 0 Å². The molecule has 1 fully saturated rings. The number of piperazine rings is 1. The van der Waals surface area contributed by atoms with Gasteiger partial charge in [-0.3, -0.25) is 0 Å². The molecular weight excluding hydrogens is 288 g/mol. The summed E-state index contributed by atoms with van der Waals surface area (Å²) >= 11 is 0. The van der Waals surface area contributed by atoms with E-state index in [0.717, 1.165) is 63.2 Å². The van der Waals surface area contributed by atoms with E-state index in [1.807, 2.05) is 6.20 Å². The monoisotopic (exact) mass is 318 g/mol. The Labute approximate surface area is 140 Å². The third-order valence-corrected chi connectivity index (χ3v) is 4.06. The van der Waals surface area contributed by atoms with Gasteiger partial charge in [0.1, 0.15) is 5.82 Å². The number of rotatable bonds is 6. The third-order valence-electron chi connectivity index (χ3n) is 4.06. The summed E-state index contributed by atoms with van der Waals surface area (Å²) < 4.78 is 0. The Balaban J connectivity index is 1.90. The first-order valence-corrected chi connectivity index (χ1v) is 8.71. The zero-order valence-electron chi connectivity index (χ0n) is 14.7. The van der Waals surface area contributed by atoms with Gasteiger partial charge in [-0.2, -0.15) is 0 Å². The average Bonchev–Trinajstić information content (AvgIpc) is 2.61. The fourth-order valence-corrected chi connectivity index (χ4v) is 2.67. The fraction of sp³-hybridized carbons (Fsp3) is 0.647. The first-order valence-electron chi connectivity index (χ1n) is 8.71. The Morgan fingerprint density at radius 1 is 1.09 bits per heavy atom. The lowest BCUT2D eigenvalue weighted by molar-refractivity contribution is 0.270. The van der Waals surface area contributed by atoms with E-state index in [1.54, 1.807) is 0 Å². The second-order valence-electron chi connectivity index (χ2n) is 5.67. The number of aliphatic imine (C=N–C) groups is 1. The van der Waals surface area contributed by atoms with Gasteiger partial charge in [0, 0.05) is 45.5 Å². The number of anilines is 1. The molecule has 6 heteroatoms. The van der Waals surface area contributed by atoms with Crippen molar-refractivity contribution >= 4 is 11.8 Å². The molecule has 0 aromatic carbocycles. The number of aromatic nitrogens is 1. The van der Waals surface area contributed by atoms with E-state index >= 15 is 0 Å². The van der Waals surface area contributed by atoms with E-state index in [1.165, 1.54) is 0 Å². The van der Waals surface area contributed by atoms with Gasteiger partial charge in [-0.05, 0) is 32.0 Å². The molecule has 1 saturated heterocycles. The molecule has 128 valence electrons. The molecule has 0 spiro atoms. The maximum absolute atomic E-state index is 4.62. The smallest absolute Gasteiger partial charge is 0.191 e. The molecule has 1 aromatic heterocycles. The van der Waals surface area contributed by atoms with Crippen molar-refractivity contribution in [1.82, 2.24) is 20.5 Å². The van der Waals surface area contributed by atoms with E-state index in [0.29, 0.717) is 6.54 Å². The molecule has 0 aliphatic carbocycles. The first kappa shape index (κ1) is 17.5. The topological polar surface area (TPSA) is 55.8 Å². The van der Waals surface area contributed by atoms with Crippen LogP contribution in [-0.2, 0) is 6.54 Å². The van der Waals surface area contributed by atoms with Gasteiger partial charge in [-0.15, -0.1) is 0 Å². The van der Waals surface area contributed by atoms with Gasteiger partial charge >= 0.3 is 0 Å². The SMILES string of the molecule is CCNC(=NCc1ccc(N2CCN(CC)CC2)nc1)NCC. The zero-order chi connectivity index (χ0) is 16.5. The number of hydrogen-bond acceptors (Lipinski definition) is 4. The number of pyridine rings is 1. The minimum atomic E-state index is 0.645. The van der Waals surface area contributed by atoms with E-state index < -0.39 is 0 Å². The van der Waals surface area contributed by atoms with Crippen molar-refractivity contribution in [3.05, 3.63) is 23.9 Å². The molecule has 0 radical (unpaired) electrons. The quantitative estimate of drug-likeness (QED) is 0.612. The lowest BCUT2D eigenvalue weighted by Crippen LogP contribution is -2.46. The summed E-state index contributed by atoms with van der Waals surface area (Å²) in [5, 5.41) is 6.46. The molecule has 2 rings (SSSR count). The Hall–Kier alpha value is -1.82. The standard InChI is InChI=1S/C17H30N6/c1-4-18-17(19-5-2)21-14-15-7-8-16(20-13-15)23-11-9-22(6-3)10-12-23/h7-8,13H,4-6,9-12,14H2,1-3H3,(H2,18,19,21). The minimum absolute atomic E-state index is 0.645. The lowest BCUT2D eigenvalue weighted by Gasteiger charge is -2.34. The first-order chi connectivity index (χ1) is 11.3. The van der Waals surface area contributed by atoms with Gasteiger partial charge in [-0.25, -0.2) is 9.98 Å². The maximum Gasteiger partial charge on any atom is 0.191 e. The molecule has 23 heavy (non-hydrogen) atoms. The van der Waals surface area contributed by atoms with Gasteiger partial charge < -0.3 is 20.4 Å². The molecule has 1 aromatic rings. The van der Waals surface area contributed by atoms with Crippen LogP contribution in [-0.4, -0.2) is 61.7 Å². The Morgan fingerprint density at radius 3 is 2.30 bits per heavy atom. The zero-order valence-corrected chi connectivity index (χ0v) is 14.7. The van der Waals surface area contributed by atoms with Crippen molar-refractivity contribution in [2.45, 2.75) is 27.3 Å². The second-order valence-corrected chi connectivity index (χ2v) is 5.67. The van der Waals surface area contributed by atoms with E-state index in [4.69, 9.17) is 0 Å². The predicted molar refractivity (Wildman–Crippen MR) is 97.1 cm³/mol. The summed E-state index contributed by atoms with van der Waals surface area (Å²) in [5.74, 6) is 1.93. The predicted octanol–water partition coefficient (Wildman–Crippen LogP) is 1.30. The average molecular weight is 318 g/mol. The largest absolute Gasteiger partial charge is 0.357 e. The summed E-state index contributed by atoms with van der Waals surface area (Å²) in [4.78, 5) is 14.0. The summed E-state index contributed by atoms with van der Waals surface area (Å²) in [7, 11) is 0. The van der Waals surface area contributed by atoms with Gasteiger partial charge in [0.2, 0.25) is 0 Å². The highest BCUT2D eigenvalue weighted by Gasteiger charge is 2.16. The molecule has 1 aliphatic heterocycles. The van der Waals surface area contributed by atoms with Crippen LogP contribution in [0, 0.1) is 0 Å². The van der Waals surface area contributed by atoms with Crippen LogP contribution in [0.2, 0.25) is 0 Å². The molecule has 0 saturated carbocycles. The van der Waals surface area contributed by atoms with Gasteiger partial charge in [0.05, 0.1) is 6.54 Å². The third kappa shape index (κ3) is 5.39. The highest BCUT2D eigenvalue weighted by atomic mass is 15.3. The second kappa shape index (κ2) is 9.35. The maximum atomic E-state index is 4.62. The molecule has 0 bridgehead atoms. The lowest BCUT2D eigenvalue weighted by atomic mass is 10.2. The van der Waals surface area contributed by atoms with E-state index in [9.17, 15) is 0 Å². The summed E-state index contributed by atoms with van der Waals surface area (Å²) in [6.07, 6.45) is 1.94. The molecule has 0 atom stereocenters. The van der Waals surface area contributed by atoms with Crippen molar-refractivity contribution < 1.29 is 0 Å². The summed E-state index contributed by atoms with van der Waals surface area (Å²) in [5.41, 5.74) is 1.13. The van der Waals surface area contributed by atoms with Crippen LogP contribution in [0.15, 0.2) is 23.3 Å². The Kier molecular flexibility index (Phi) is 7.13. The highest BCUT2D eigenvalue weighted by molar-refractivity contribution is 5.79. The van der Waals surface area contributed by atoms with Crippen LogP contribution in [0.1, 0.15) is 26.3 Å². The Bertz CT molecular complexity index is 468. The normalized spacial score (nSPS) is 15.3. The van der Waals surface area contributed by atoms with Crippen LogP contribution in [0.3, 0.4) is 0 Å². The summed E-state index contributed by atoms with van der Waals surface area (Å²) in [6, 6.07) is 4.25. The number of nitrogens with zero attached hydrogens (tertiary/aromatic N) is 4. The van der Waals surface area contributed by atoms with Crippen LogP contribution < -0.4 is 15.5 Å². The van der Waals surface area contributed by atoms with Crippen molar-refractivity contribution in [3.63, 3.8) is 0 Å². The highest BCUT2D eigenvalue weighted by Crippen LogP contribution is 2.14. The van der Waals surface area contributed by atoms with Crippen molar-refractivity contribution in [3.8, 4) is 0 Å². The fourth-order valence-electron chi connectivity index (χ4n) is 2.67. The molecule has 6 nitrogen and oxygen atoms in total. The number of hydrogen-bond donors (Lipinski definition) is 2. The van der Waals surface area contributed by atoms with Crippen molar-refractivity contribution in [2.75, 3.05) is 50.7 Å². The van der Waals surface area contributed by atoms with Crippen LogP contribution in [0.4, 0.5) is 5.82 Å². The van der Waals surface area contributed by atoms with Crippen molar-refractivity contribution in [2.24, 2.45) is 4.99 Å². The van der Waals surface area contributed by atoms with Gasteiger partial charge in [-0.1, -0.05) is 13.0 Å². The van der Waals surface area contributed by atoms with Gasteiger partial charge in [0.25, 0.3) is 0 Å². The van der Waals surface area contributed by atoms with Crippen molar-refractivity contribution in [1.29, 1.82) is 0 Å². The summed E-state index contributed by atoms with van der Waals surface area (Å²) in [6.45, 7) is 14.2. The molecule has 2 heterocycles. The Morgan fingerprint density at radius 2 is 1.78 bits per heavy atom. The molecule has 0 amide bonds. The molecular formula is C17H30N6. The molecule has 2 N–H and O–H groups in total. The molecule has 1 aliphatic rings. The minimum Gasteiger partial charge on any atom is -0.357 e. The van der Waals surface area contributed by atoms with E-state index in [2.05, 4.69) is 63.3 Å². The van der Waals surface area contributed by atoms with E-state index in [-0.39, 0.29) is 0 Å². The number of likely N-dealkylation sites (N-methyl/N-ethyl adjacent to an activating group) is 1. The van der Waals surface area contributed by atoms with Crippen LogP contribution in [0.5, 0.6) is 0 Å². The van der Waals surface area contributed by atoms with Crippen LogP contribution in [0.25, 0.3) is 0 Å². The van der Waals surface area contributed by atoms with Gasteiger partial charge in [0.15, 0.2) is 5.96 Å². The molecule has 0 unspecified atom stereocenters. The number of nitrogens with one attached hydrogen (secondary N) is 2.